The van der Waals surface area contributed by atoms with Gasteiger partial charge in [-0.2, -0.15) is 0 Å². The molecule has 0 heterocycles. The lowest BCUT2D eigenvalue weighted by Gasteiger charge is -2.11. The minimum Gasteiger partial charge on any atom is -0.398 e. The Bertz CT molecular complexity index is 371. The summed E-state index contributed by atoms with van der Waals surface area (Å²) in [4.78, 5) is 0. The minimum atomic E-state index is 0.408. The highest BCUT2D eigenvalue weighted by Gasteiger charge is 2.11. The highest BCUT2D eigenvalue weighted by molar-refractivity contribution is 6.35. The first-order chi connectivity index (χ1) is 7.95. The van der Waals surface area contributed by atoms with Crippen molar-refractivity contribution >= 4 is 23.0 Å². The molecule has 0 aliphatic carbocycles. The first kappa shape index (κ1) is 18.3. The van der Waals surface area contributed by atoms with Crippen LogP contribution in [0.3, 0.4) is 0 Å². The van der Waals surface area contributed by atoms with Crippen LogP contribution in [0.2, 0.25) is 5.02 Å². The molecule has 98 valence electrons. The Morgan fingerprint density at radius 3 is 1.94 bits per heavy atom. The van der Waals surface area contributed by atoms with Gasteiger partial charge in [-0.05, 0) is 38.0 Å². The van der Waals surface area contributed by atoms with Crippen LogP contribution in [0.25, 0.3) is 0 Å². The van der Waals surface area contributed by atoms with Crippen LogP contribution in [0.4, 0.5) is 5.69 Å². The molecule has 0 radical (unpaired) electrons. The second-order valence-electron chi connectivity index (χ2n) is 3.21. The van der Waals surface area contributed by atoms with Crippen LogP contribution in [0, 0.1) is 19.3 Å². The molecule has 0 spiro atoms. The Labute approximate surface area is 111 Å². The van der Waals surface area contributed by atoms with Crippen LogP contribution in [0.1, 0.15) is 51.3 Å². The molecule has 0 amide bonds. The summed E-state index contributed by atoms with van der Waals surface area (Å²) in [6, 6.07) is 1.85. The van der Waals surface area contributed by atoms with Gasteiger partial charge in [0.1, 0.15) is 0 Å². The Morgan fingerprint density at radius 2 is 1.59 bits per heavy atom. The fourth-order valence-corrected chi connectivity index (χ4v) is 1.69. The number of benzene rings is 1. The van der Waals surface area contributed by atoms with Gasteiger partial charge in [-0.1, -0.05) is 39.3 Å². The quantitative estimate of drug-likeness (QED) is 0.540. The van der Waals surface area contributed by atoms with Crippen molar-refractivity contribution in [1.29, 1.82) is 5.41 Å². The van der Waals surface area contributed by atoms with Crippen LogP contribution in [0.5, 0.6) is 0 Å². The third-order valence-corrected chi connectivity index (χ3v) is 2.52. The number of nitrogens with two attached hydrogens (primary N) is 1. The van der Waals surface area contributed by atoms with E-state index < -0.39 is 0 Å². The maximum Gasteiger partial charge on any atom is 0.0519 e. The van der Waals surface area contributed by atoms with E-state index in [4.69, 9.17) is 22.7 Å². The number of rotatable bonds is 1. The summed E-state index contributed by atoms with van der Waals surface area (Å²) in [6.07, 6.45) is 0. The molecule has 3 N–H and O–H groups in total. The molecule has 0 saturated heterocycles. The highest BCUT2D eigenvalue weighted by atomic mass is 35.5. The first-order valence-electron chi connectivity index (χ1n) is 6.06. The lowest BCUT2D eigenvalue weighted by atomic mass is 10.0. The number of aryl methyl sites for hydroxylation is 1. The van der Waals surface area contributed by atoms with Gasteiger partial charge in [0.25, 0.3) is 0 Å². The molecule has 1 aromatic rings. The van der Waals surface area contributed by atoms with Crippen molar-refractivity contribution in [2.45, 2.75) is 48.5 Å². The maximum absolute atomic E-state index is 7.52. The standard InChI is InChI=1S/C10H13ClN2.2C2H6/c1-5-4-8(11)9(7(3)12)10(13)6(5)2;2*1-2/h4,12H,13H2,1-3H3;2*1-2H3. The van der Waals surface area contributed by atoms with E-state index in [0.717, 1.165) is 11.1 Å². The summed E-state index contributed by atoms with van der Waals surface area (Å²) in [6.45, 7) is 13.6. The Kier molecular flexibility index (Phi) is 9.77. The van der Waals surface area contributed by atoms with Gasteiger partial charge in [-0.15, -0.1) is 0 Å². The van der Waals surface area contributed by atoms with Gasteiger partial charge in [-0.3, -0.25) is 0 Å². The van der Waals surface area contributed by atoms with E-state index in [9.17, 15) is 0 Å². The zero-order valence-electron chi connectivity index (χ0n) is 12.0. The summed E-state index contributed by atoms with van der Waals surface area (Å²) in [7, 11) is 0. The van der Waals surface area contributed by atoms with E-state index in [1.807, 2.05) is 47.6 Å². The molecule has 0 unspecified atom stereocenters. The number of halogens is 1. The molecule has 0 atom stereocenters. The van der Waals surface area contributed by atoms with Crippen molar-refractivity contribution < 1.29 is 0 Å². The predicted molar refractivity (Wildman–Crippen MR) is 80.5 cm³/mol. The van der Waals surface area contributed by atoms with Gasteiger partial charge in [0, 0.05) is 17.0 Å². The number of hydrogen-bond donors (Lipinski definition) is 2. The molecular formula is C14H25ClN2. The minimum absolute atomic E-state index is 0.408. The summed E-state index contributed by atoms with van der Waals surface area (Å²) < 4.78 is 0. The van der Waals surface area contributed by atoms with Crippen molar-refractivity contribution in [3.8, 4) is 0 Å². The van der Waals surface area contributed by atoms with Gasteiger partial charge in [-0.25, -0.2) is 0 Å². The van der Waals surface area contributed by atoms with E-state index >= 15 is 0 Å². The molecule has 2 nitrogen and oxygen atoms in total. The molecule has 0 aromatic heterocycles. The smallest absolute Gasteiger partial charge is 0.0519 e. The molecule has 0 fully saturated rings. The van der Waals surface area contributed by atoms with Crippen LogP contribution in [0.15, 0.2) is 6.07 Å². The summed E-state index contributed by atoms with van der Waals surface area (Å²) >= 11 is 5.98. The Morgan fingerprint density at radius 1 is 1.18 bits per heavy atom. The average molecular weight is 257 g/mol. The lowest BCUT2D eigenvalue weighted by Crippen LogP contribution is -2.04. The normalized spacial score (nSPS) is 8.47. The van der Waals surface area contributed by atoms with Crippen molar-refractivity contribution in [2.75, 3.05) is 5.73 Å². The van der Waals surface area contributed by atoms with Gasteiger partial charge in [0.05, 0.1) is 5.02 Å². The van der Waals surface area contributed by atoms with Gasteiger partial charge in [0.15, 0.2) is 0 Å². The molecule has 3 heteroatoms. The van der Waals surface area contributed by atoms with Crippen molar-refractivity contribution in [2.24, 2.45) is 0 Å². The number of nitrogens with one attached hydrogen (secondary N) is 1. The number of anilines is 1. The molecule has 1 aromatic carbocycles. The average Bonchev–Trinajstić information content (AvgIpc) is 2.31. The third kappa shape index (κ3) is 4.78. The van der Waals surface area contributed by atoms with Gasteiger partial charge in [0.2, 0.25) is 0 Å². The SMILES string of the molecule is CC.CC.CC(=N)c1c(Cl)cc(C)c(C)c1N. The zero-order valence-corrected chi connectivity index (χ0v) is 12.8. The number of hydrogen-bond acceptors (Lipinski definition) is 2. The van der Waals surface area contributed by atoms with Gasteiger partial charge < -0.3 is 11.1 Å². The second-order valence-corrected chi connectivity index (χ2v) is 3.62. The highest BCUT2D eigenvalue weighted by Crippen LogP contribution is 2.28. The molecular weight excluding hydrogens is 232 g/mol. The topological polar surface area (TPSA) is 49.9 Å². The Hall–Kier alpha value is -1.02. The van der Waals surface area contributed by atoms with E-state index in [1.54, 1.807) is 6.92 Å². The Balaban J connectivity index is 0. The second kappa shape index (κ2) is 9.06. The fraction of sp³-hybridized carbons (Fsp3) is 0.500. The third-order valence-electron chi connectivity index (χ3n) is 2.22. The van der Waals surface area contributed by atoms with Crippen molar-refractivity contribution in [3.63, 3.8) is 0 Å². The van der Waals surface area contributed by atoms with E-state index in [1.165, 1.54) is 0 Å². The van der Waals surface area contributed by atoms with Crippen molar-refractivity contribution in [3.05, 3.63) is 27.8 Å². The van der Waals surface area contributed by atoms with E-state index in [0.29, 0.717) is 22.0 Å². The van der Waals surface area contributed by atoms with Crippen LogP contribution in [-0.2, 0) is 0 Å². The van der Waals surface area contributed by atoms with Crippen molar-refractivity contribution in [1.82, 2.24) is 0 Å². The zero-order chi connectivity index (χ0) is 14.2. The molecule has 17 heavy (non-hydrogen) atoms. The summed E-state index contributed by atoms with van der Waals surface area (Å²) in [5, 5.41) is 8.08. The monoisotopic (exact) mass is 256 g/mol. The predicted octanol–water partition coefficient (Wildman–Crippen LogP) is 4.98. The molecule has 0 aliphatic rings. The van der Waals surface area contributed by atoms with Crippen LogP contribution < -0.4 is 5.73 Å². The summed E-state index contributed by atoms with van der Waals surface area (Å²) in [5.41, 5.74) is 9.62. The maximum atomic E-state index is 7.52. The lowest BCUT2D eigenvalue weighted by molar-refractivity contribution is 1.33. The van der Waals surface area contributed by atoms with E-state index in [-0.39, 0.29) is 0 Å². The van der Waals surface area contributed by atoms with E-state index in [2.05, 4.69) is 0 Å². The molecule has 0 bridgehead atoms. The van der Waals surface area contributed by atoms with Crippen LogP contribution in [-0.4, -0.2) is 5.71 Å². The number of nitrogen functional groups attached to an aromatic ring is 1. The van der Waals surface area contributed by atoms with Crippen LogP contribution >= 0.6 is 11.6 Å². The molecule has 0 saturated carbocycles. The van der Waals surface area contributed by atoms with Gasteiger partial charge >= 0.3 is 0 Å². The molecule has 1 rings (SSSR count). The first-order valence-corrected chi connectivity index (χ1v) is 6.43. The molecule has 0 aliphatic heterocycles. The summed E-state index contributed by atoms with van der Waals surface area (Å²) in [5.74, 6) is 0. The largest absolute Gasteiger partial charge is 0.398 e. The fourth-order valence-electron chi connectivity index (χ4n) is 1.28.